The summed E-state index contributed by atoms with van der Waals surface area (Å²) in [7, 11) is 1.84. The monoisotopic (exact) mass is 513 g/mol. The number of benzene rings is 1. The van der Waals surface area contributed by atoms with Crippen molar-refractivity contribution in [1.82, 2.24) is 29.9 Å². The Morgan fingerprint density at radius 3 is 2.76 bits per heavy atom. The second kappa shape index (κ2) is 11.4. The molecule has 1 aromatic carbocycles. The molecule has 1 saturated carbocycles. The number of nitrogens with zero attached hydrogens (tertiary/aromatic N) is 6. The fourth-order valence-electron chi connectivity index (χ4n) is 4.78. The van der Waals surface area contributed by atoms with Gasteiger partial charge in [0.15, 0.2) is 0 Å². The number of nitrogens with one attached hydrogen (secondary N) is 1. The summed E-state index contributed by atoms with van der Waals surface area (Å²) in [6.45, 7) is 2.31. The molecule has 3 aromatic heterocycles. The first kappa shape index (κ1) is 25.3. The van der Waals surface area contributed by atoms with Gasteiger partial charge in [-0.1, -0.05) is 35.5 Å². The van der Waals surface area contributed by atoms with Crippen LogP contribution in [0.4, 0.5) is 5.95 Å². The molecule has 0 aliphatic heterocycles. The van der Waals surface area contributed by atoms with Crippen LogP contribution in [0.1, 0.15) is 48.3 Å². The molecular weight excluding hydrogens is 482 g/mol. The van der Waals surface area contributed by atoms with Crippen molar-refractivity contribution in [1.29, 1.82) is 0 Å². The first-order valence-electron chi connectivity index (χ1n) is 12.8. The maximum Gasteiger partial charge on any atom is 0.306 e. The third kappa shape index (κ3) is 5.96. The fourth-order valence-corrected chi connectivity index (χ4v) is 4.78. The van der Waals surface area contributed by atoms with E-state index in [1.165, 1.54) is 5.56 Å². The van der Waals surface area contributed by atoms with Crippen molar-refractivity contribution in [2.75, 3.05) is 5.32 Å². The number of hydrogen-bond acceptors (Lipinski definition) is 8. The van der Waals surface area contributed by atoms with Gasteiger partial charge in [-0.3, -0.25) is 4.79 Å². The van der Waals surface area contributed by atoms with Crippen LogP contribution in [-0.4, -0.2) is 47.1 Å². The van der Waals surface area contributed by atoms with Gasteiger partial charge in [0, 0.05) is 19.7 Å². The van der Waals surface area contributed by atoms with E-state index in [4.69, 9.17) is 9.72 Å². The minimum Gasteiger partial charge on any atom is -0.489 e. The maximum absolute atomic E-state index is 11.4. The topological polar surface area (TPSA) is 128 Å². The highest BCUT2D eigenvalue weighted by molar-refractivity contribution is 5.70. The predicted molar refractivity (Wildman–Crippen MR) is 142 cm³/mol. The highest BCUT2D eigenvalue weighted by Crippen LogP contribution is 2.30. The highest BCUT2D eigenvalue weighted by atomic mass is 16.5. The Balaban J connectivity index is 1.27. The van der Waals surface area contributed by atoms with E-state index < -0.39 is 5.97 Å². The van der Waals surface area contributed by atoms with Crippen molar-refractivity contribution in [3.8, 4) is 17.1 Å². The summed E-state index contributed by atoms with van der Waals surface area (Å²) in [6.07, 6.45) is 5.28. The Morgan fingerprint density at radius 1 is 1.13 bits per heavy atom. The zero-order valence-corrected chi connectivity index (χ0v) is 21.5. The molecule has 2 N–H and O–H groups in total. The molecular formula is C28H31N7O3. The summed E-state index contributed by atoms with van der Waals surface area (Å²) >= 11 is 0. The van der Waals surface area contributed by atoms with Gasteiger partial charge in [-0.25, -0.2) is 19.6 Å². The molecule has 0 saturated heterocycles. The quantitative estimate of drug-likeness (QED) is 0.338. The standard InChI is InChI=1S/C28H31N7O3/c1-18-25(38-22-10-6-9-20(16-22)27(36)37)12-11-23(31-18)26-24(35(2)34-33-26)17-30-28-29-14-13-21(32-28)15-19-7-4-3-5-8-19/h3-5,7-8,11-14,20,22H,6,9-10,15-17H2,1-2H3,(H,36,37)(H,29,30,32)/t20?,22-/m0/s1. The second-order valence-electron chi connectivity index (χ2n) is 9.62. The van der Waals surface area contributed by atoms with Crippen molar-refractivity contribution in [3.05, 3.63) is 77.4 Å². The molecule has 10 heteroatoms. The molecule has 0 amide bonds. The minimum atomic E-state index is -0.749. The summed E-state index contributed by atoms with van der Waals surface area (Å²) in [4.78, 5) is 25.2. The van der Waals surface area contributed by atoms with Gasteiger partial charge >= 0.3 is 5.97 Å². The van der Waals surface area contributed by atoms with Crippen LogP contribution in [0.5, 0.6) is 5.75 Å². The normalized spacial score (nSPS) is 17.2. The van der Waals surface area contributed by atoms with E-state index in [9.17, 15) is 9.90 Å². The number of anilines is 1. The Hall–Kier alpha value is -4.34. The first-order valence-corrected chi connectivity index (χ1v) is 12.8. The van der Waals surface area contributed by atoms with Crippen LogP contribution in [0.2, 0.25) is 0 Å². The van der Waals surface area contributed by atoms with E-state index in [0.29, 0.717) is 42.5 Å². The van der Waals surface area contributed by atoms with E-state index in [1.807, 2.05) is 50.4 Å². The SMILES string of the molecule is Cc1nc(-c2nnn(C)c2CNc2nccc(Cc3ccccc3)n2)ccc1O[C@H]1CCCC(C(=O)O)C1. The molecule has 5 rings (SSSR count). The zero-order chi connectivity index (χ0) is 26.5. The van der Waals surface area contributed by atoms with Gasteiger partial charge in [0.05, 0.1) is 41.3 Å². The molecule has 2 atom stereocenters. The number of aromatic nitrogens is 6. The lowest BCUT2D eigenvalue weighted by atomic mass is 9.87. The Morgan fingerprint density at radius 2 is 1.97 bits per heavy atom. The van der Waals surface area contributed by atoms with E-state index in [0.717, 1.165) is 36.3 Å². The molecule has 0 bridgehead atoms. The number of carboxylic acid groups (broad SMARTS) is 1. The van der Waals surface area contributed by atoms with Gasteiger partial charge in [-0.15, -0.1) is 5.10 Å². The zero-order valence-electron chi connectivity index (χ0n) is 21.5. The van der Waals surface area contributed by atoms with Crippen LogP contribution < -0.4 is 10.1 Å². The number of carboxylic acids is 1. The van der Waals surface area contributed by atoms with Crippen LogP contribution in [0.3, 0.4) is 0 Å². The Kier molecular flexibility index (Phi) is 7.57. The Bertz CT molecular complexity index is 1410. The van der Waals surface area contributed by atoms with Crippen LogP contribution in [0.25, 0.3) is 11.4 Å². The third-order valence-corrected chi connectivity index (χ3v) is 6.85. The first-order chi connectivity index (χ1) is 18.5. The molecule has 1 unspecified atom stereocenters. The minimum absolute atomic E-state index is 0.120. The van der Waals surface area contributed by atoms with Gasteiger partial charge < -0.3 is 15.2 Å². The van der Waals surface area contributed by atoms with E-state index in [1.54, 1.807) is 10.9 Å². The molecule has 3 heterocycles. The van der Waals surface area contributed by atoms with Crippen LogP contribution in [0.15, 0.2) is 54.7 Å². The second-order valence-corrected chi connectivity index (χ2v) is 9.62. The van der Waals surface area contributed by atoms with Crippen molar-refractivity contribution in [2.45, 2.75) is 51.7 Å². The van der Waals surface area contributed by atoms with Gasteiger partial charge in [-0.05, 0) is 56.4 Å². The molecule has 1 aliphatic carbocycles. The lowest BCUT2D eigenvalue weighted by molar-refractivity contribution is -0.143. The average Bonchev–Trinajstić information content (AvgIpc) is 3.29. The highest BCUT2D eigenvalue weighted by Gasteiger charge is 2.28. The van der Waals surface area contributed by atoms with Crippen LogP contribution >= 0.6 is 0 Å². The van der Waals surface area contributed by atoms with Gasteiger partial charge in [0.1, 0.15) is 11.4 Å². The number of ether oxygens (including phenoxy) is 1. The lowest BCUT2D eigenvalue weighted by Gasteiger charge is -2.27. The number of aryl methyl sites for hydroxylation is 2. The summed E-state index contributed by atoms with van der Waals surface area (Å²) in [6, 6.07) is 15.9. The average molecular weight is 514 g/mol. The van der Waals surface area contributed by atoms with Crippen molar-refractivity contribution < 1.29 is 14.6 Å². The Labute approximate surface area is 221 Å². The van der Waals surface area contributed by atoms with Crippen molar-refractivity contribution in [2.24, 2.45) is 13.0 Å². The van der Waals surface area contributed by atoms with E-state index in [-0.39, 0.29) is 12.0 Å². The van der Waals surface area contributed by atoms with Crippen molar-refractivity contribution in [3.63, 3.8) is 0 Å². The number of pyridine rings is 1. The fraction of sp³-hybridized carbons (Fsp3) is 0.357. The summed E-state index contributed by atoms with van der Waals surface area (Å²) in [5.74, 6) is 0.0992. The smallest absolute Gasteiger partial charge is 0.306 e. The number of rotatable bonds is 9. The maximum atomic E-state index is 11.4. The number of hydrogen-bond donors (Lipinski definition) is 2. The number of carbonyl (C=O) groups is 1. The molecule has 196 valence electrons. The molecule has 1 fully saturated rings. The summed E-state index contributed by atoms with van der Waals surface area (Å²) in [5, 5.41) is 21.2. The molecule has 4 aromatic rings. The van der Waals surface area contributed by atoms with E-state index in [2.05, 4.69) is 37.7 Å². The molecule has 1 aliphatic rings. The van der Waals surface area contributed by atoms with Crippen LogP contribution in [-0.2, 0) is 24.8 Å². The summed E-state index contributed by atoms with van der Waals surface area (Å²) < 4.78 is 7.87. The third-order valence-electron chi connectivity index (χ3n) is 6.85. The molecule has 0 radical (unpaired) electrons. The van der Waals surface area contributed by atoms with Crippen molar-refractivity contribution >= 4 is 11.9 Å². The van der Waals surface area contributed by atoms with Crippen LogP contribution in [0, 0.1) is 12.8 Å². The predicted octanol–water partition coefficient (Wildman–Crippen LogP) is 4.20. The summed E-state index contributed by atoms with van der Waals surface area (Å²) in [5.41, 5.74) is 5.04. The largest absolute Gasteiger partial charge is 0.489 e. The van der Waals surface area contributed by atoms with E-state index >= 15 is 0 Å². The molecule has 38 heavy (non-hydrogen) atoms. The number of aliphatic carboxylic acids is 1. The molecule has 0 spiro atoms. The molecule has 10 nitrogen and oxygen atoms in total. The van der Waals surface area contributed by atoms with Gasteiger partial charge in [0.25, 0.3) is 0 Å². The van der Waals surface area contributed by atoms with Gasteiger partial charge in [-0.2, -0.15) is 0 Å². The lowest BCUT2D eigenvalue weighted by Crippen LogP contribution is -2.29. The van der Waals surface area contributed by atoms with Gasteiger partial charge in [0.2, 0.25) is 5.95 Å².